The number of aryl methyl sites for hydroxylation is 1. The van der Waals surface area contributed by atoms with Crippen LogP contribution in [-0.2, 0) is 4.79 Å². The van der Waals surface area contributed by atoms with Crippen molar-refractivity contribution in [2.24, 2.45) is 0 Å². The molecule has 0 aliphatic heterocycles. The molecule has 1 unspecified atom stereocenters. The first kappa shape index (κ1) is 24.8. The van der Waals surface area contributed by atoms with Crippen LogP contribution in [0.4, 0.5) is 5.69 Å². The largest absolute Gasteiger partial charge is 0.497 e. The fourth-order valence-electron chi connectivity index (χ4n) is 4.21. The van der Waals surface area contributed by atoms with Crippen LogP contribution in [0.3, 0.4) is 0 Å². The number of carbonyl (C=O) groups is 2. The quantitative estimate of drug-likeness (QED) is 0.282. The Labute approximate surface area is 211 Å². The molecule has 6 heteroatoms. The van der Waals surface area contributed by atoms with E-state index in [0.717, 1.165) is 33.3 Å². The third-order valence-electron chi connectivity index (χ3n) is 6.11. The van der Waals surface area contributed by atoms with Crippen LogP contribution in [0.25, 0.3) is 10.8 Å². The number of methoxy groups -OCH3 is 1. The van der Waals surface area contributed by atoms with E-state index in [2.05, 4.69) is 16.0 Å². The fourth-order valence-corrected chi connectivity index (χ4v) is 4.21. The van der Waals surface area contributed by atoms with Gasteiger partial charge in [0, 0.05) is 30.9 Å². The SMILES string of the molecule is COc1ccc(NCCNC(=O)C(CNC(=O)c2cccc(C)c2)c2cccc3ccccc23)cc1. The lowest BCUT2D eigenvalue weighted by molar-refractivity contribution is -0.122. The summed E-state index contributed by atoms with van der Waals surface area (Å²) in [5.41, 5.74) is 3.42. The predicted octanol–water partition coefficient (Wildman–Crippen LogP) is 4.90. The number of fused-ring (bicyclic) bond motifs is 1. The fraction of sp³-hybridized carbons (Fsp3) is 0.200. The second-order valence-corrected chi connectivity index (χ2v) is 8.65. The highest BCUT2D eigenvalue weighted by molar-refractivity contribution is 5.96. The molecular weight excluding hydrogens is 450 g/mol. The van der Waals surface area contributed by atoms with Gasteiger partial charge in [-0.05, 0) is 59.7 Å². The maximum absolute atomic E-state index is 13.4. The van der Waals surface area contributed by atoms with Crippen molar-refractivity contribution >= 4 is 28.3 Å². The number of carbonyl (C=O) groups excluding carboxylic acids is 2. The summed E-state index contributed by atoms with van der Waals surface area (Å²) >= 11 is 0. The monoisotopic (exact) mass is 481 g/mol. The van der Waals surface area contributed by atoms with Crippen LogP contribution in [0.1, 0.15) is 27.4 Å². The van der Waals surface area contributed by atoms with Crippen molar-refractivity contribution < 1.29 is 14.3 Å². The Morgan fingerprint density at radius 3 is 2.36 bits per heavy atom. The molecule has 36 heavy (non-hydrogen) atoms. The van der Waals surface area contributed by atoms with Crippen molar-refractivity contribution in [1.82, 2.24) is 10.6 Å². The first-order valence-corrected chi connectivity index (χ1v) is 12.0. The van der Waals surface area contributed by atoms with Crippen LogP contribution in [0.5, 0.6) is 5.75 Å². The van der Waals surface area contributed by atoms with E-state index in [1.165, 1.54) is 0 Å². The molecule has 0 aliphatic carbocycles. The molecule has 0 saturated carbocycles. The molecule has 184 valence electrons. The van der Waals surface area contributed by atoms with E-state index < -0.39 is 5.92 Å². The van der Waals surface area contributed by atoms with Crippen LogP contribution in [-0.4, -0.2) is 38.6 Å². The third kappa shape index (κ3) is 6.21. The van der Waals surface area contributed by atoms with Gasteiger partial charge < -0.3 is 20.7 Å². The van der Waals surface area contributed by atoms with E-state index >= 15 is 0 Å². The van der Waals surface area contributed by atoms with Crippen LogP contribution in [0, 0.1) is 6.92 Å². The molecule has 0 bridgehead atoms. The summed E-state index contributed by atoms with van der Waals surface area (Å²) in [6.45, 7) is 3.15. The number of hydrogen-bond donors (Lipinski definition) is 3. The number of ether oxygens (including phenoxy) is 1. The lowest BCUT2D eigenvalue weighted by Crippen LogP contribution is -2.39. The molecule has 0 saturated heterocycles. The van der Waals surface area contributed by atoms with Gasteiger partial charge in [0.25, 0.3) is 5.91 Å². The average Bonchev–Trinajstić information content (AvgIpc) is 2.91. The second-order valence-electron chi connectivity index (χ2n) is 8.65. The molecular formula is C30H31N3O3. The normalized spacial score (nSPS) is 11.5. The first-order valence-electron chi connectivity index (χ1n) is 12.0. The van der Waals surface area contributed by atoms with Gasteiger partial charge in [-0.3, -0.25) is 9.59 Å². The summed E-state index contributed by atoms with van der Waals surface area (Å²) in [5, 5.41) is 11.4. The van der Waals surface area contributed by atoms with Crippen molar-refractivity contribution in [2.75, 3.05) is 32.1 Å². The molecule has 6 nitrogen and oxygen atoms in total. The summed E-state index contributed by atoms with van der Waals surface area (Å²) in [7, 11) is 1.63. The van der Waals surface area contributed by atoms with Crippen LogP contribution in [0.15, 0.2) is 91.0 Å². The number of benzene rings is 4. The van der Waals surface area contributed by atoms with E-state index in [1.54, 1.807) is 13.2 Å². The molecule has 2 amide bonds. The zero-order chi connectivity index (χ0) is 25.3. The second kappa shape index (κ2) is 11.9. The summed E-state index contributed by atoms with van der Waals surface area (Å²) in [6, 6.07) is 29.0. The topological polar surface area (TPSA) is 79.5 Å². The molecule has 0 fully saturated rings. The van der Waals surface area contributed by atoms with E-state index in [-0.39, 0.29) is 18.4 Å². The summed E-state index contributed by atoms with van der Waals surface area (Å²) in [4.78, 5) is 26.2. The predicted molar refractivity (Wildman–Crippen MR) is 145 cm³/mol. The maximum Gasteiger partial charge on any atom is 0.251 e. The van der Waals surface area contributed by atoms with Gasteiger partial charge in [-0.1, -0.05) is 60.2 Å². The number of rotatable bonds is 10. The lowest BCUT2D eigenvalue weighted by atomic mass is 9.92. The van der Waals surface area contributed by atoms with Gasteiger partial charge in [0.15, 0.2) is 0 Å². The smallest absolute Gasteiger partial charge is 0.251 e. The van der Waals surface area contributed by atoms with E-state index in [0.29, 0.717) is 18.7 Å². The number of nitrogens with one attached hydrogen (secondary N) is 3. The van der Waals surface area contributed by atoms with E-state index in [9.17, 15) is 9.59 Å². The molecule has 0 heterocycles. The average molecular weight is 482 g/mol. The Balaban J connectivity index is 1.45. The van der Waals surface area contributed by atoms with Crippen LogP contribution in [0.2, 0.25) is 0 Å². The molecule has 0 radical (unpaired) electrons. The first-order chi connectivity index (χ1) is 17.5. The van der Waals surface area contributed by atoms with Gasteiger partial charge in [-0.2, -0.15) is 0 Å². The van der Waals surface area contributed by atoms with Crippen molar-refractivity contribution in [3.05, 3.63) is 108 Å². The molecule has 0 aromatic heterocycles. The minimum atomic E-state index is -0.536. The molecule has 0 aliphatic rings. The lowest BCUT2D eigenvalue weighted by Gasteiger charge is -2.20. The Morgan fingerprint density at radius 1 is 0.833 bits per heavy atom. The molecule has 4 aromatic rings. The zero-order valence-corrected chi connectivity index (χ0v) is 20.6. The van der Waals surface area contributed by atoms with Crippen molar-refractivity contribution in [3.8, 4) is 5.75 Å². The zero-order valence-electron chi connectivity index (χ0n) is 20.6. The Kier molecular flexibility index (Phi) is 8.19. The van der Waals surface area contributed by atoms with Crippen molar-refractivity contribution in [1.29, 1.82) is 0 Å². The highest BCUT2D eigenvalue weighted by atomic mass is 16.5. The van der Waals surface area contributed by atoms with Gasteiger partial charge >= 0.3 is 0 Å². The standard InChI is InChI=1S/C30H31N3O3/c1-21-7-5-10-23(19-21)29(34)33-20-28(27-12-6-9-22-8-3-4-11-26(22)27)30(35)32-18-17-31-24-13-15-25(36-2)16-14-24/h3-16,19,28,31H,17-18,20H2,1-2H3,(H,32,35)(H,33,34). The van der Waals surface area contributed by atoms with E-state index in [1.807, 2.05) is 91.9 Å². The number of anilines is 1. The minimum absolute atomic E-state index is 0.132. The van der Waals surface area contributed by atoms with Crippen molar-refractivity contribution in [3.63, 3.8) is 0 Å². The van der Waals surface area contributed by atoms with Crippen LogP contribution < -0.4 is 20.7 Å². The van der Waals surface area contributed by atoms with Crippen molar-refractivity contribution in [2.45, 2.75) is 12.8 Å². The van der Waals surface area contributed by atoms with Gasteiger partial charge in [0.05, 0.1) is 13.0 Å². The minimum Gasteiger partial charge on any atom is -0.497 e. The summed E-state index contributed by atoms with van der Waals surface area (Å²) in [6.07, 6.45) is 0. The third-order valence-corrected chi connectivity index (χ3v) is 6.11. The Morgan fingerprint density at radius 2 is 1.58 bits per heavy atom. The summed E-state index contributed by atoms with van der Waals surface area (Å²) < 4.78 is 5.18. The highest BCUT2D eigenvalue weighted by Gasteiger charge is 2.23. The maximum atomic E-state index is 13.4. The van der Waals surface area contributed by atoms with Gasteiger partial charge in [0.1, 0.15) is 5.75 Å². The van der Waals surface area contributed by atoms with Gasteiger partial charge in [0.2, 0.25) is 5.91 Å². The molecule has 4 aromatic carbocycles. The molecule has 0 spiro atoms. The van der Waals surface area contributed by atoms with E-state index in [4.69, 9.17) is 4.74 Å². The molecule has 4 rings (SSSR count). The van der Waals surface area contributed by atoms with Crippen LogP contribution >= 0.6 is 0 Å². The Hall–Kier alpha value is -4.32. The number of hydrogen-bond acceptors (Lipinski definition) is 4. The number of amides is 2. The highest BCUT2D eigenvalue weighted by Crippen LogP contribution is 2.26. The molecule has 3 N–H and O–H groups in total. The Bertz CT molecular complexity index is 1330. The summed E-state index contributed by atoms with van der Waals surface area (Å²) in [5.74, 6) is -0.0735. The van der Waals surface area contributed by atoms with Gasteiger partial charge in [-0.25, -0.2) is 0 Å². The molecule has 1 atom stereocenters. The van der Waals surface area contributed by atoms with Gasteiger partial charge in [-0.15, -0.1) is 0 Å².